The Balaban J connectivity index is 1.82. The maximum absolute atomic E-state index is 13.7. The summed E-state index contributed by atoms with van der Waals surface area (Å²) in [6.45, 7) is 1.67. The third-order valence-corrected chi connectivity index (χ3v) is 3.30. The lowest BCUT2D eigenvalue weighted by molar-refractivity contribution is -0.127. The lowest BCUT2D eigenvalue weighted by Gasteiger charge is -2.06. The summed E-state index contributed by atoms with van der Waals surface area (Å²) in [4.78, 5) is 34.8. The highest BCUT2D eigenvalue weighted by atomic mass is 19.1. The third-order valence-electron chi connectivity index (χ3n) is 3.30. The molecule has 2 rings (SSSR count). The highest BCUT2D eigenvalue weighted by Crippen LogP contribution is 2.24. The van der Waals surface area contributed by atoms with Crippen LogP contribution in [-0.2, 0) is 14.3 Å². The number of rotatable bonds is 8. The lowest BCUT2D eigenvalue weighted by atomic mass is 10.1. The molecule has 1 aromatic carbocycles. The first kappa shape index (κ1) is 19.2. The molecular formula is C18H19FN2O5. The Morgan fingerprint density at radius 3 is 2.58 bits per heavy atom. The smallest absolute Gasteiger partial charge is 0.374 e. The van der Waals surface area contributed by atoms with Gasteiger partial charge in [0, 0.05) is 6.54 Å². The first-order valence-corrected chi connectivity index (χ1v) is 8.06. The van der Waals surface area contributed by atoms with Gasteiger partial charge >= 0.3 is 5.97 Å². The standard InChI is InChI=1S/C18H19FN2O5/c1-2-9-20-16(22)10-21-17(23)11-25-18(24)15-8-7-14(26-15)12-5-3-4-6-13(12)19/h3-8H,2,9-11H2,1H3,(H,20,22)(H,21,23). The van der Waals surface area contributed by atoms with Gasteiger partial charge in [-0.05, 0) is 30.7 Å². The van der Waals surface area contributed by atoms with Crippen LogP contribution in [0.4, 0.5) is 4.39 Å². The van der Waals surface area contributed by atoms with Crippen molar-refractivity contribution in [3.63, 3.8) is 0 Å². The quantitative estimate of drug-likeness (QED) is 0.699. The van der Waals surface area contributed by atoms with Crippen LogP contribution in [0.25, 0.3) is 11.3 Å². The monoisotopic (exact) mass is 362 g/mol. The van der Waals surface area contributed by atoms with E-state index in [-0.39, 0.29) is 29.5 Å². The van der Waals surface area contributed by atoms with Crippen molar-refractivity contribution < 1.29 is 27.9 Å². The predicted molar refractivity (Wildman–Crippen MR) is 90.7 cm³/mol. The average Bonchev–Trinajstić information content (AvgIpc) is 3.13. The van der Waals surface area contributed by atoms with Crippen molar-refractivity contribution in [1.82, 2.24) is 10.6 Å². The van der Waals surface area contributed by atoms with E-state index < -0.39 is 24.3 Å². The number of halogens is 1. The SMILES string of the molecule is CCCNC(=O)CNC(=O)COC(=O)c1ccc(-c2ccccc2F)o1. The van der Waals surface area contributed by atoms with E-state index in [1.54, 1.807) is 6.07 Å². The molecule has 138 valence electrons. The average molecular weight is 362 g/mol. The number of hydrogen-bond donors (Lipinski definition) is 2. The van der Waals surface area contributed by atoms with E-state index in [4.69, 9.17) is 9.15 Å². The van der Waals surface area contributed by atoms with Crippen LogP contribution in [0.5, 0.6) is 0 Å². The second kappa shape index (κ2) is 9.36. The molecule has 0 bridgehead atoms. The maximum atomic E-state index is 13.7. The van der Waals surface area contributed by atoms with Crippen LogP contribution in [0.1, 0.15) is 23.9 Å². The zero-order chi connectivity index (χ0) is 18.9. The Hall–Kier alpha value is -3.16. The van der Waals surface area contributed by atoms with E-state index in [0.717, 1.165) is 6.42 Å². The number of furan rings is 1. The molecule has 1 heterocycles. The van der Waals surface area contributed by atoms with Gasteiger partial charge < -0.3 is 19.8 Å². The number of hydrogen-bond acceptors (Lipinski definition) is 5. The summed E-state index contributed by atoms with van der Waals surface area (Å²) in [5.74, 6) is -2.28. The van der Waals surface area contributed by atoms with Gasteiger partial charge in [-0.15, -0.1) is 0 Å². The summed E-state index contributed by atoms with van der Waals surface area (Å²) in [5, 5.41) is 4.92. The van der Waals surface area contributed by atoms with Crippen molar-refractivity contribution in [2.75, 3.05) is 19.7 Å². The molecule has 26 heavy (non-hydrogen) atoms. The highest BCUT2D eigenvalue weighted by Gasteiger charge is 2.17. The zero-order valence-electron chi connectivity index (χ0n) is 14.2. The summed E-state index contributed by atoms with van der Waals surface area (Å²) in [5.41, 5.74) is 0.211. The van der Waals surface area contributed by atoms with Crippen LogP contribution < -0.4 is 10.6 Å². The van der Waals surface area contributed by atoms with Gasteiger partial charge in [-0.1, -0.05) is 19.1 Å². The van der Waals surface area contributed by atoms with E-state index in [1.807, 2.05) is 6.92 Å². The molecule has 0 aliphatic rings. The normalized spacial score (nSPS) is 10.2. The van der Waals surface area contributed by atoms with Gasteiger partial charge in [0.15, 0.2) is 6.61 Å². The molecule has 8 heteroatoms. The van der Waals surface area contributed by atoms with Crippen LogP contribution in [0.3, 0.4) is 0 Å². The van der Waals surface area contributed by atoms with Crippen LogP contribution in [0, 0.1) is 5.82 Å². The molecule has 0 spiro atoms. The minimum absolute atomic E-state index is 0.156. The Morgan fingerprint density at radius 2 is 1.85 bits per heavy atom. The van der Waals surface area contributed by atoms with Gasteiger partial charge in [-0.3, -0.25) is 9.59 Å². The van der Waals surface area contributed by atoms with Crippen LogP contribution >= 0.6 is 0 Å². The zero-order valence-corrected chi connectivity index (χ0v) is 14.2. The molecule has 0 unspecified atom stereocenters. The molecule has 0 aliphatic carbocycles. The largest absolute Gasteiger partial charge is 0.450 e. The number of carbonyl (C=O) groups is 3. The molecular weight excluding hydrogens is 343 g/mol. The van der Waals surface area contributed by atoms with Gasteiger partial charge in [-0.25, -0.2) is 9.18 Å². The summed E-state index contributed by atoms with van der Waals surface area (Å²) < 4.78 is 23.8. The number of carbonyl (C=O) groups excluding carboxylic acids is 3. The number of esters is 1. The Morgan fingerprint density at radius 1 is 1.08 bits per heavy atom. The van der Waals surface area contributed by atoms with E-state index in [1.165, 1.54) is 30.3 Å². The van der Waals surface area contributed by atoms with Crippen LogP contribution in [0.2, 0.25) is 0 Å². The molecule has 0 saturated carbocycles. The van der Waals surface area contributed by atoms with Crippen molar-refractivity contribution in [1.29, 1.82) is 0 Å². The van der Waals surface area contributed by atoms with Crippen molar-refractivity contribution in [3.05, 3.63) is 48.0 Å². The van der Waals surface area contributed by atoms with Crippen LogP contribution in [-0.4, -0.2) is 37.5 Å². The molecule has 0 aliphatic heterocycles. The first-order chi connectivity index (χ1) is 12.5. The van der Waals surface area contributed by atoms with Crippen molar-refractivity contribution in [2.45, 2.75) is 13.3 Å². The minimum Gasteiger partial charge on any atom is -0.450 e. The van der Waals surface area contributed by atoms with E-state index >= 15 is 0 Å². The summed E-state index contributed by atoms with van der Waals surface area (Å²) in [6, 6.07) is 8.74. The number of benzene rings is 1. The van der Waals surface area contributed by atoms with Gasteiger partial charge in [0.25, 0.3) is 5.91 Å². The molecule has 0 atom stereocenters. The molecule has 0 saturated heterocycles. The molecule has 7 nitrogen and oxygen atoms in total. The fourth-order valence-corrected chi connectivity index (χ4v) is 2.01. The van der Waals surface area contributed by atoms with Gasteiger partial charge in [0.2, 0.25) is 11.7 Å². The topological polar surface area (TPSA) is 97.6 Å². The fraction of sp³-hybridized carbons (Fsp3) is 0.278. The molecule has 0 fully saturated rings. The van der Waals surface area contributed by atoms with E-state index in [0.29, 0.717) is 6.54 Å². The number of ether oxygens (including phenoxy) is 1. The van der Waals surface area contributed by atoms with Crippen molar-refractivity contribution >= 4 is 17.8 Å². The Kier molecular flexibility index (Phi) is 6.90. The predicted octanol–water partition coefficient (Wildman–Crippen LogP) is 1.88. The molecule has 2 aromatic rings. The Bertz CT molecular complexity index is 787. The summed E-state index contributed by atoms with van der Waals surface area (Å²) >= 11 is 0. The van der Waals surface area contributed by atoms with Crippen molar-refractivity contribution in [3.8, 4) is 11.3 Å². The van der Waals surface area contributed by atoms with Gasteiger partial charge in [0.05, 0.1) is 12.1 Å². The highest BCUT2D eigenvalue weighted by molar-refractivity contribution is 5.90. The lowest BCUT2D eigenvalue weighted by Crippen LogP contribution is -2.38. The van der Waals surface area contributed by atoms with Crippen LogP contribution in [0.15, 0.2) is 40.8 Å². The maximum Gasteiger partial charge on any atom is 0.374 e. The van der Waals surface area contributed by atoms with E-state index in [2.05, 4.69) is 10.6 Å². The molecule has 1 aromatic heterocycles. The summed E-state index contributed by atoms with van der Waals surface area (Å²) in [6.07, 6.45) is 0.787. The second-order valence-corrected chi connectivity index (χ2v) is 5.35. The van der Waals surface area contributed by atoms with E-state index in [9.17, 15) is 18.8 Å². The van der Waals surface area contributed by atoms with Gasteiger partial charge in [-0.2, -0.15) is 0 Å². The third kappa shape index (κ3) is 5.44. The minimum atomic E-state index is -0.863. The number of nitrogens with one attached hydrogen (secondary N) is 2. The summed E-state index contributed by atoms with van der Waals surface area (Å²) in [7, 11) is 0. The molecule has 0 radical (unpaired) electrons. The number of amides is 2. The first-order valence-electron chi connectivity index (χ1n) is 8.06. The van der Waals surface area contributed by atoms with Crippen molar-refractivity contribution in [2.24, 2.45) is 0 Å². The van der Waals surface area contributed by atoms with Gasteiger partial charge in [0.1, 0.15) is 11.6 Å². The fourth-order valence-electron chi connectivity index (χ4n) is 2.01. The molecule has 2 amide bonds. The second-order valence-electron chi connectivity index (χ2n) is 5.35. The molecule has 2 N–H and O–H groups in total. The Labute approximate surface area is 149 Å².